The van der Waals surface area contributed by atoms with Crippen molar-refractivity contribution in [3.8, 4) is 0 Å². The molecule has 2 aromatic rings. The third-order valence-electron chi connectivity index (χ3n) is 4.78. The minimum absolute atomic E-state index is 0.0152. The van der Waals surface area contributed by atoms with Gasteiger partial charge in [-0.1, -0.05) is 0 Å². The van der Waals surface area contributed by atoms with E-state index in [9.17, 15) is 4.79 Å². The number of thiazole rings is 1. The fourth-order valence-electron chi connectivity index (χ4n) is 3.35. The third kappa shape index (κ3) is 5.05. The summed E-state index contributed by atoms with van der Waals surface area (Å²) in [5.74, 6) is -0.0152. The first-order valence-corrected chi connectivity index (χ1v) is 10.4. The Bertz CT molecular complexity index is 703. The number of amides is 1. The van der Waals surface area contributed by atoms with Crippen molar-refractivity contribution in [1.82, 2.24) is 9.88 Å². The Kier molecular flexibility index (Phi) is 6.63. The van der Waals surface area contributed by atoms with Crippen LogP contribution in [0, 0.1) is 0 Å². The van der Waals surface area contributed by atoms with Crippen LogP contribution in [0.5, 0.6) is 0 Å². The molecule has 0 radical (unpaired) electrons. The zero-order valence-corrected chi connectivity index (χ0v) is 16.5. The molecule has 1 amide bonds. The summed E-state index contributed by atoms with van der Waals surface area (Å²) in [6, 6.07) is 8.04. The van der Waals surface area contributed by atoms with Crippen molar-refractivity contribution in [2.45, 2.75) is 39.7 Å². The van der Waals surface area contributed by atoms with E-state index < -0.39 is 0 Å². The Morgan fingerprint density at radius 1 is 1.19 bits per heavy atom. The smallest absolute Gasteiger partial charge is 0.230 e. The molecular formula is C20H28N4OS. The van der Waals surface area contributed by atoms with Gasteiger partial charge in [0.15, 0.2) is 0 Å². The van der Waals surface area contributed by atoms with Crippen LogP contribution in [0.15, 0.2) is 29.6 Å². The molecule has 0 saturated carbocycles. The van der Waals surface area contributed by atoms with E-state index >= 15 is 0 Å². The lowest BCUT2D eigenvalue weighted by Crippen LogP contribution is -2.21. The molecule has 1 saturated heterocycles. The summed E-state index contributed by atoms with van der Waals surface area (Å²) in [7, 11) is 0. The number of rotatable bonds is 8. The van der Waals surface area contributed by atoms with Crippen LogP contribution < -0.4 is 10.2 Å². The molecule has 1 aliphatic heterocycles. The molecule has 1 aliphatic rings. The lowest BCUT2D eigenvalue weighted by atomic mass is 10.2. The molecule has 2 heterocycles. The second-order valence-corrected chi connectivity index (χ2v) is 7.60. The standard InChI is InChI=1S/C20H28N4OS/c1-3-24(4-2)18-9-7-16(8-10-18)21-19(25)13-17-15-26-20(22-17)14-23-11-5-6-12-23/h7-10,15H,3-6,11-14H2,1-2H3,(H,21,25). The van der Waals surface area contributed by atoms with Gasteiger partial charge in [0.1, 0.15) is 5.01 Å². The van der Waals surface area contributed by atoms with Crippen LogP contribution in [0.2, 0.25) is 0 Å². The summed E-state index contributed by atoms with van der Waals surface area (Å²) in [5, 5.41) is 6.09. The summed E-state index contributed by atoms with van der Waals surface area (Å²) >= 11 is 1.66. The number of likely N-dealkylation sites (tertiary alicyclic amines) is 1. The van der Waals surface area contributed by atoms with E-state index in [-0.39, 0.29) is 5.91 Å². The summed E-state index contributed by atoms with van der Waals surface area (Å²) in [4.78, 5) is 21.6. The Morgan fingerprint density at radius 3 is 2.54 bits per heavy atom. The van der Waals surface area contributed by atoms with Crippen molar-refractivity contribution < 1.29 is 4.79 Å². The van der Waals surface area contributed by atoms with Crippen molar-refractivity contribution >= 4 is 28.6 Å². The van der Waals surface area contributed by atoms with E-state index in [1.54, 1.807) is 11.3 Å². The largest absolute Gasteiger partial charge is 0.372 e. The van der Waals surface area contributed by atoms with Crippen LogP contribution >= 0.6 is 11.3 Å². The molecule has 26 heavy (non-hydrogen) atoms. The number of hydrogen-bond acceptors (Lipinski definition) is 5. The van der Waals surface area contributed by atoms with Gasteiger partial charge in [-0.15, -0.1) is 11.3 Å². The number of anilines is 2. The zero-order chi connectivity index (χ0) is 18.4. The molecule has 1 fully saturated rings. The quantitative estimate of drug-likeness (QED) is 0.766. The number of carbonyl (C=O) groups is 1. The minimum Gasteiger partial charge on any atom is -0.372 e. The van der Waals surface area contributed by atoms with E-state index in [0.29, 0.717) is 6.42 Å². The molecule has 0 aliphatic carbocycles. The van der Waals surface area contributed by atoms with Gasteiger partial charge in [0.25, 0.3) is 0 Å². The summed E-state index contributed by atoms with van der Waals surface area (Å²) in [5.41, 5.74) is 2.87. The Hall–Kier alpha value is -1.92. The van der Waals surface area contributed by atoms with Crippen molar-refractivity contribution in [2.75, 3.05) is 36.4 Å². The highest BCUT2D eigenvalue weighted by molar-refractivity contribution is 7.09. The first-order chi connectivity index (χ1) is 12.7. The van der Waals surface area contributed by atoms with Gasteiger partial charge < -0.3 is 10.2 Å². The average molecular weight is 373 g/mol. The fraction of sp³-hybridized carbons (Fsp3) is 0.500. The summed E-state index contributed by atoms with van der Waals surface area (Å²) in [6.45, 7) is 9.49. The molecule has 0 spiro atoms. The highest BCUT2D eigenvalue weighted by atomic mass is 32.1. The van der Waals surface area contributed by atoms with Crippen LogP contribution in [-0.4, -0.2) is 42.0 Å². The lowest BCUT2D eigenvalue weighted by Gasteiger charge is -2.21. The van der Waals surface area contributed by atoms with E-state index in [1.807, 2.05) is 17.5 Å². The molecule has 0 unspecified atom stereocenters. The second kappa shape index (κ2) is 9.14. The molecule has 5 nitrogen and oxygen atoms in total. The Labute approximate surface area is 160 Å². The maximum Gasteiger partial charge on any atom is 0.230 e. The number of benzene rings is 1. The van der Waals surface area contributed by atoms with Crippen molar-refractivity contribution in [2.24, 2.45) is 0 Å². The highest BCUT2D eigenvalue weighted by Crippen LogP contribution is 2.19. The monoisotopic (exact) mass is 372 g/mol. The van der Waals surface area contributed by atoms with Gasteiger partial charge in [-0.2, -0.15) is 0 Å². The van der Waals surface area contributed by atoms with Crippen molar-refractivity contribution in [3.05, 3.63) is 40.3 Å². The Morgan fingerprint density at radius 2 is 1.88 bits per heavy atom. The molecule has 6 heteroatoms. The van der Waals surface area contributed by atoms with Gasteiger partial charge in [-0.25, -0.2) is 4.98 Å². The molecule has 140 valence electrons. The maximum atomic E-state index is 12.3. The van der Waals surface area contributed by atoms with Gasteiger partial charge in [-0.3, -0.25) is 9.69 Å². The van der Waals surface area contributed by atoms with E-state index in [1.165, 1.54) is 31.6 Å². The van der Waals surface area contributed by atoms with Crippen LogP contribution in [0.1, 0.15) is 37.4 Å². The first-order valence-electron chi connectivity index (χ1n) is 9.48. The lowest BCUT2D eigenvalue weighted by molar-refractivity contribution is -0.115. The predicted octanol–water partition coefficient (Wildman–Crippen LogP) is 3.77. The third-order valence-corrected chi connectivity index (χ3v) is 5.66. The topological polar surface area (TPSA) is 48.5 Å². The van der Waals surface area contributed by atoms with Crippen LogP contribution in [0.25, 0.3) is 0 Å². The summed E-state index contributed by atoms with van der Waals surface area (Å²) in [6.07, 6.45) is 2.90. The number of aromatic nitrogens is 1. The Balaban J connectivity index is 1.51. The van der Waals surface area contributed by atoms with Gasteiger partial charge in [0, 0.05) is 29.8 Å². The van der Waals surface area contributed by atoms with E-state index in [4.69, 9.17) is 0 Å². The molecule has 0 atom stereocenters. The fourth-order valence-corrected chi connectivity index (χ4v) is 4.18. The van der Waals surface area contributed by atoms with Gasteiger partial charge in [0.2, 0.25) is 5.91 Å². The minimum atomic E-state index is -0.0152. The van der Waals surface area contributed by atoms with Crippen molar-refractivity contribution in [1.29, 1.82) is 0 Å². The molecule has 1 N–H and O–H groups in total. The summed E-state index contributed by atoms with van der Waals surface area (Å²) < 4.78 is 0. The number of nitrogens with one attached hydrogen (secondary N) is 1. The zero-order valence-electron chi connectivity index (χ0n) is 15.7. The van der Waals surface area contributed by atoms with E-state index in [2.05, 4.69) is 46.1 Å². The molecule has 1 aromatic heterocycles. The predicted molar refractivity (Wildman–Crippen MR) is 109 cm³/mol. The van der Waals surface area contributed by atoms with Crippen LogP contribution in [0.3, 0.4) is 0 Å². The van der Waals surface area contributed by atoms with Crippen LogP contribution in [-0.2, 0) is 17.8 Å². The average Bonchev–Trinajstić information content (AvgIpc) is 3.30. The molecule has 3 rings (SSSR count). The number of nitrogens with zero attached hydrogens (tertiary/aromatic N) is 3. The van der Waals surface area contributed by atoms with Gasteiger partial charge in [-0.05, 0) is 64.0 Å². The maximum absolute atomic E-state index is 12.3. The molecule has 1 aromatic carbocycles. The number of hydrogen-bond donors (Lipinski definition) is 1. The van der Waals surface area contributed by atoms with E-state index in [0.717, 1.165) is 36.0 Å². The SMILES string of the molecule is CCN(CC)c1ccc(NC(=O)Cc2csc(CN3CCCC3)n2)cc1. The highest BCUT2D eigenvalue weighted by Gasteiger charge is 2.14. The molecular weight excluding hydrogens is 344 g/mol. The first kappa shape index (κ1) is 18.9. The van der Waals surface area contributed by atoms with Gasteiger partial charge >= 0.3 is 0 Å². The van der Waals surface area contributed by atoms with Gasteiger partial charge in [0.05, 0.1) is 18.7 Å². The van der Waals surface area contributed by atoms with Crippen LogP contribution in [0.4, 0.5) is 11.4 Å². The normalized spacial score (nSPS) is 14.5. The number of carbonyl (C=O) groups excluding carboxylic acids is 1. The second-order valence-electron chi connectivity index (χ2n) is 6.66. The van der Waals surface area contributed by atoms with Crippen molar-refractivity contribution in [3.63, 3.8) is 0 Å². The molecule has 0 bridgehead atoms.